The van der Waals surface area contributed by atoms with Gasteiger partial charge in [-0.15, -0.1) is 0 Å². The maximum atomic E-state index is 5.99. The molecule has 0 aromatic rings. The molecule has 1 aliphatic carbocycles. The van der Waals surface area contributed by atoms with Crippen molar-refractivity contribution in [2.24, 2.45) is 11.7 Å². The third-order valence-electron chi connectivity index (χ3n) is 3.53. The van der Waals surface area contributed by atoms with Crippen molar-refractivity contribution in [2.45, 2.75) is 44.7 Å². The summed E-state index contributed by atoms with van der Waals surface area (Å²) in [6.07, 6.45) is 5.06. The molecule has 3 unspecified atom stereocenters. The summed E-state index contributed by atoms with van der Waals surface area (Å²) in [7, 11) is 3.95. The van der Waals surface area contributed by atoms with E-state index in [1.807, 2.05) is 0 Å². The first-order chi connectivity index (χ1) is 7.13. The molecule has 0 bridgehead atoms. The maximum absolute atomic E-state index is 5.99. The first-order valence-electron chi connectivity index (χ1n) is 6.08. The minimum Gasteiger partial charge on any atom is -0.383 e. The fourth-order valence-corrected chi connectivity index (χ4v) is 2.45. The van der Waals surface area contributed by atoms with E-state index in [2.05, 4.69) is 18.9 Å². The van der Waals surface area contributed by atoms with Crippen LogP contribution in [0.4, 0.5) is 0 Å². The molecule has 0 aromatic carbocycles. The Bertz CT molecular complexity index is 175. The number of ether oxygens (including phenoxy) is 1. The van der Waals surface area contributed by atoms with Gasteiger partial charge in [-0.05, 0) is 39.2 Å². The molecule has 0 saturated heterocycles. The van der Waals surface area contributed by atoms with Gasteiger partial charge in [-0.2, -0.15) is 0 Å². The average Bonchev–Trinajstić information content (AvgIpc) is 2.18. The highest BCUT2D eigenvalue weighted by atomic mass is 16.5. The summed E-state index contributed by atoms with van der Waals surface area (Å²) in [6, 6.07) is 0.947. The molecule has 1 rings (SSSR count). The van der Waals surface area contributed by atoms with Crippen molar-refractivity contribution in [1.82, 2.24) is 4.90 Å². The highest BCUT2D eigenvalue weighted by molar-refractivity contribution is 4.78. The molecule has 3 heteroatoms. The number of nitrogens with zero attached hydrogens (tertiary/aromatic N) is 1. The Morgan fingerprint density at radius 1 is 1.47 bits per heavy atom. The molecular formula is C12H26N2O. The van der Waals surface area contributed by atoms with E-state index in [0.717, 1.165) is 19.1 Å². The second kappa shape index (κ2) is 6.46. The first-order valence-corrected chi connectivity index (χ1v) is 6.08. The van der Waals surface area contributed by atoms with Gasteiger partial charge in [0.1, 0.15) is 0 Å². The molecule has 3 nitrogen and oxygen atoms in total. The second-order valence-corrected chi connectivity index (χ2v) is 5.04. The van der Waals surface area contributed by atoms with Crippen molar-refractivity contribution < 1.29 is 4.74 Å². The number of methoxy groups -OCH3 is 1. The largest absolute Gasteiger partial charge is 0.383 e. The molecule has 0 heterocycles. The van der Waals surface area contributed by atoms with Crippen LogP contribution in [0.2, 0.25) is 0 Å². The average molecular weight is 214 g/mol. The van der Waals surface area contributed by atoms with Gasteiger partial charge in [0.15, 0.2) is 0 Å². The van der Waals surface area contributed by atoms with Crippen LogP contribution in [-0.4, -0.2) is 44.3 Å². The summed E-state index contributed by atoms with van der Waals surface area (Å²) in [4.78, 5) is 2.40. The number of hydrogen-bond donors (Lipinski definition) is 1. The van der Waals surface area contributed by atoms with Crippen molar-refractivity contribution in [3.8, 4) is 0 Å². The number of hydrogen-bond acceptors (Lipinski definition) is 3. The molecule has 0 amide bonds. The van der Waals surface area contributed by atoms with E-state index >= 15 is 0 Å². The quantitative estimate of drug-likeness (QED) is 0.753. The van der Waals surface area contributed by atoms with Crippen LogP contribution < -0.4 is 5.73 Å². The summed E-state index contributed by atoms with van der Waals surface area (Å²) in [6.45, 7) is 4.19. The molecule has 0 aliphatic heterocycles. The van der Waals surface area contributed by atoms with Gasteiger partial charge in [0, 0.05) is 25.7 Å². The number of rotatable bonds is 5. The number of nitrogens with two attached hydrogens (primary N) is 1. The van der Waals surface area contributed by atoms with Crippen LogP contribution in [0, 0.1) is 5.92 Å². The van der Waals surface area contributed by atoms with E-state index < -0.39 is 0 Å². The van der Waals surface area contributed by atoms with Gasteiger partial charge in [0.2, 0.25) is 0 Å². The van der Waals surface area contributed by atoms with Gasteiger partial charge in [0.05, 0.1) is 6.61 Å². The zero-order chi connectivity index (χ0) is 11.3. The standard InChI is InChI=1S/C12H26N2O/c1-10(9-15-3)14(2)8-11-5-4-6-12(13)7-11/h10-12H,4-9,13H2,1-3H3. The Morgan fingerprint density at radius 2 is 2.20 bits per heavy atom. The van der Waals surface area contributed by atoms with Crippen LogP contribution in [0.25, 0.3) is 0 Å². The second-order valence-electron chi connectivity index (χ2n) is 5.04. The van der Waals surface area contributed by atoms with Crippen molar-refractivity contribution >= 4 is 0 Å². The Balaban J connectivity index is 2.26. The van der Waals surface area contributed by atoms with Gasteiger partial charge in [-0.25, -0.2) is 0 Å². The van der Waals surface area contributed by atoms with Crippen LogP contribution in [0.1, 0.15) is 32.6 Å². The summed E-state index contributed by atoms with van der Waals surface area (Å²) < 4.78 is 5.17. The lowest BCUT2D eigenvalue weighted by Crippen LogP contribution is -2.39. The Labute approximate surface area is 94.0 Å². The molecule has 0 spiro atoms. The lowest BCUT2D eigenvalue weighted by Gasteiger charge is -2.32. The van der Waals surface area contributed by atoms with E-state index in [9.17, 15) is 0 Å². The predicted molar refractivity (Wildman–Crippen MR) is 63.9 cm³/mol. The lowest BCUT2D eigenvalue weighted by atomic mass is 9.86. The van der Waals surface area contributed by atoms with Gasteiger partial charge < -0.3 is 15.4 Å². The fraction of sp³-hybridized carbons (Fsp3) is 1.00. The number of likely N-dealkylation sites (N-methyl/N-ethyl adjacent to an activating group) is 1. The van der Waals surface area contributed by atoms with Crippen LogP contribution in [0.3, 0.4) is 0 Å². The van der Waals surface area contributed by atoms with Crippen LogP contribution in [-0.2, 0) is 4.74 Å². The van der Waals surface area contributed by atoms with Gasteiger partial charge in [-0.3, -0.25) is 0 Å². The maximum Gasteiger partial charge on any atom is 0.0615 e. The summed E-state index contributed by atoms with van der Waals surface area (Å²) in [5.74, 6) is 0.790. The Kier molecular flexibility index (Phi) is 5.58. The summed E-state index contributed by atoms with van der Waals surface area (Å²) in [5, 5.41) is 0. The molecule has 0 radical (unpaired) electrons. The molecule has 0 aromatic heterocycles. The van der Waals surface area contributed by atoms with Gasteiger partial charge >= 0.3 is 0 Å². The third-order valence-corrected chi connectivity index (χ3v) is 3.53. The van der Waals surface area contributed by atoms with Crippen LogP contribution in [0.5, 0.6) is 0 Å². The van der Waals surface area contributed by atoms with Gasteiger partial charge in [-0.1, -0.05) is 6.42 Å². The topological polar surface area (TPSA) is 38.5 Å². The smallest absolute Gasteiger partial charge is 0.0615 e. The third kappa shape index (κ3) is 4.49. The lowest BCUT2D eigenvalue weighted by molar-refractivity contribution is 0.0985. The van der Waals surface area contributed by atoms with E-state index in [-0.39, 0.29) is 0 Å². The summed E-state index contributed by atoms with van der Waals surface area (Å²) >= 11 is 0. The molecule has 1 saturated carbocycles. The van der Waals surface area contributed by atoms with Crippen molar-refractivity contribution in [2.75, 3.05) is 27.3 Å². The Hall–Kier alpha value is -0.120. The zero-order valence-corrected chi connectivity index (χ0v) is 10.4. The molecule has 90 valence electrons. The molecular weight excluding hydrogens is 188 g/mol. The molecule has 1 aliphatic rings. The fourth-order valence-electron chi connectivity index (χ4n) is 2.45. The molecule has 1 fully saturated rings. The van der Waals surface area contributed by atoms with Crippen molar-refractivity contribution in [3.63, 3.8) is 0 Å². The normalized spacial score (nSPS) is 29.4. The summed E-state index contributed by atoms with van der Waals surface area (Å²) in [5.41, 5.74) is 5.99. The predicted octanol–water partition coefficient (Wildman–Crippen LogP) is 1.47. The molecule has 15 heavy (non-hydrogen) atoms. The van der Waals surface area contributed by atoms with Crippen molar-refractivity contribution in [3.05, 3.63) is 0 Å². The van der Waals surface area contributed by atoms with Crippen LogP contribution in [0.15, 0.2) is 0 Å². The molecule has 2 N–H and O–H groups in total. The Morgan fingerprint density at radius 3 is 2.80 bits per heavy atom. The van der Waals surface area contributed by atoms with Crippen LogP contribution >= 0.6 is 0 Å². The highest BCUT2D eigenvalue weighted by Gasteiger charge is 2.21. The monoisotopic (exact) mass is 214 g/mol. The highest BCUT2D eigenvalue weighted by Crippen LogP contribution is 2.24. The van der Waals surface area contributed by atoms with E-state index in [4.69, 9.17) is 10.5 Å². The van der Waals surface area contributed by atoms with E-state index in [0.29, 0.717) is 12.1 Å². The van der Waals surface area contributed by atoms with Crippen molar-refractivity contribution in [1.29, 1.82) is 0 Å². The zero-order valence-electron chi connectivity index (χ0n) is 10.4. The van der Waals surface area contributed by atoms with E-state index in [1.165, 1.54) is 25.7 Å². The molecule has 3 atom stereocenters. The van der Waals surface area contributed by atoms with Gasteiger partial charge in [0.25, 0.3) is 0 Å². The van der Waals surface area contributed by atoms with E-state index in [1.54, 1.807) is 7.11 Å². The minimum absolute atomic E-state index is 0.440. The minimum atomic E-state index is 0.440. The SMILES string of the molecule is COCC(C)N(C)CC1CCCC(N)C1. The first kappa shape index (κ1) is 12.9.